The fraction of sp³-hybridized carbons (Fsp3) is 0.154. The van der Waals surface area contributed by atoms with Crippen LogP contribution in [-0.4, -0.2) is 15.1 Å². The molecule has 104 valence electrons. The van der Waals surface area contributed by atoms with Crippen molar-refractivity contribution in [3.8, 4) is 0 Å². The molecule has 1 atom stereocenters. The van der Waals surface area contributed by atoms with Crippen molar-refractivity contribution in [3.63, 3.8) is 0 Å². The first kappa shape index (κ1) is 14.8. The number of hydrogen-bond acceptors (Lipinski definition) is 3. The zero-order valence-electron chi connectivity index (χ0n) is 10.6. The molecule has 0 aliphatic rings. The Morgan fingerprint density at radius 3 is 2.70 bits per heavy atom. The minimum Gasteiger partial charge on any atom is -0.354 e. The summed E-state index contributed by atoms with van der Waals surface area (Å²) < 4.78 is 14.4. The van der Waals surface area contributed by atoms with Crippen molar-refractivity contribution in [2.24, 2.45) is 0 Å². The summed E-state index contributed by atoms with van der Waals surface area (Å²) in [5.74, 6) is 0.230. The minimum atomic E-state index is -0.366. The monoisotopic (exact) mass is 354 g/mol. The number of pyridine rings is 2. The maximum Gasteiger partial charge on any atom is 0.172 e. The number of hydrogen-bond donors (Lipinski definition) is 2. The Hall–Kier alpha value is -1.60. The van der Waals surface area contributed by atoms with Gasteiger partial charge in [0, 0.05) is 12.4 Å². The first-order chi connectivity index (χ1) is 9.58. The zero-order chi connectivity index (χ0) is 14.5. The number of thiocarbonyl (C=S) groups is 1. The molecule has 2 rings (SSSR count). The van der Waals surface area contributed by atoms with Gasteiger partial charge in [0.1, 0.15) is 11.6 Å². The van der Waals surface area contributed by atoms with Gasteiger partial charge in [0.25, 0.3) is 0 Å². The summed E-state index contributed by atoms with van der Waals surface area (Å²) in [7, 11) is 0. The Morgan fingerprint density at radius 1 is 1.30 bits per heavy atom. The molecule has 0 aliphatic heterocycles. The molecular formula is C13H12BrFN4S. The van der Waals surface area contributed by atoms with Crippen LogP contribution in [0.1, 0.15) is 18.7 Å². The van der Waals surface area contributed by atoms with E-state index in [2.05, 4.69) is 36.5 Å². The normalized spacial score (nSPS) is 11.8. The molecule has 0 saturated carbocycles. The highest BCUT2D eigenvalue weighted by atomic mass is 79.9. The molecule has 0 radical (unpaired) electrons. The number of halogens is 2. The lowest BCUT2D eigenvalue weighted by Crippen LogP contribution is -2.32. The fourth-order valence-corrected chi connectivity index (χ4v) is 2.23. The van der Waals surface area contributed by atoms with Gasteiger partial charge in [-0.1, -0.05) is 0 Å². The molecular weight excluding hydrogens is 343 g/mol. The highest BCUT2D eigenvalue weighted by Gasteiger charge is 2.13. The van der Waals surface area contributed by atoms with Crippen LogP contribution < -0.4 is 10.6 Å². The number of nitrogens with zero attached hydrogens (tertiary/aromatic N) is 2. The number of rotatable bonds is 3. The van der Waals surface area contributed by atoms with Gasteiger partial charge in [-0.3, -0.25) is 4.98 Å². The van der Waals surface area contributed by atoms with E-state index in [0.717, 1.165) is 4.47 Å². The van der Waals surface area contributed by atoms with Crippen molar-refractivity contribution >= 4 is 39.1 Å². The van der Waals surface area contributed by atoms with E-state index in [4.69, 9.17) is 12.2 Å². The van der Waals surface area contributed by atoms with Gasteiger partial charge in [0.15, 0.2) is 5.11 Å². The number of anilines is 1. The molecule has 1 unspecified atom stereocenters. The molecule has 0 aromatic carbocycles. The van der Waals surface area contributed by atoms with Gasteiger partial charge in [-0.25, -0.2) is 9.37 Å². The van der Waals surface area contributed by atoms with Crippen LogP contribution in [0.4, 0.5) is 10.2 Å². The molecule has 2 aromatic rings. The van der Waals surface area contributed by atoms with Crippen molar-refractivity contribution in [3.05, 3.63) is 52.6 Å². The number of nitrogens with one attached hydrogen (secondary N) is 2. The van der Waals surface area contributed by atoms with E-state index in [-0.39, 0.29) is 11.9 Å². The predicted molar refractivity (Wildman–Crippen MR) is 83.9 cm³/mol. The van der Waals surface area contributed by atoms with Crippen LogP contribution in [0.3, 0.4) is 0 Å². The van der Waals surface area contributed by atoms with Gasteiger partial charge in [-0.2, -0.15) is 0 Å². The third kappa shape index (κ3) is 3.71. The zero-order valence-corrected chi connectivity index (χ0v) is 13.0. The Labute approximate surface area is 130 Å². The Balaban J connectivity index is 2.02. The molecule has 0 aliphatic carbocycles. The van der Waals surface area contributed by atoms with E-state index in [1.807, 2.05) is 6.07 Å². The van der Waals surface area contributed by atoms with E-state index >= 15 is 0 Å². The molecule has 0 bridgehead atoms. The summed E-state index contributed by atoms with van der Waals surface area (Å²) in [6.45, 7) is 1.78. The molecule has 4 nitrogen and oxygen atoms in total. The van der Waals surface area contributed by atoms with Crippen molar-refractivity contribution < 1.29 is 4.39 Å². The van der Waals surface area contributed by atoms with Crippen LogP contribution in [0.15, 0.2) is 41.1 Å². The second-order valence-corrected chi connectivity index (χ2v) is 5.29. The van der Waals surface area contributed by atoms with Crippen molar-refractivity contribution in [1.82, 2.24) is 15.3 Å². The van der Waals surface area contributed by atoms with Crippen molar-refractivity contribution in [2.75, 3.05) is 5.32 Å². The summed E-state index contributed by atoms with van der Waals surface area (Å²) in [6, 6.07) is 6.22. The quantitative estimate of drug-likeness (QED) is 0.827. The van der Waals surface area contributed by atoms with E-state index in [1.54, 1.807) is 31.5 Å². The topological polar surface area (TPSA) is 49.8 Å². The molecule has 0 spiro atoms. The van der Waals surface area contributed by atoms with Crippen LogP contribution in [0.25, 0.3) is 0 Å². The highest BCUT2D eigenvalue weighted by molar-refractivity contribution is 9.10. The molecule has 2 aromatic heterocycles. The third-order valence-corrected chi connectivity index (χ3v) is 3.39. The average molecular weight is 355 g/mol. The second kappa shape index (κ2) is 6.71. The SMILES string of the molecule is CC(NC(=S)Nc1ncccc1Br)c1ncccc1F. The van der Waals surface area contributed by atoms with E-state index < -0.39 is 0 Å². The van der Waals surface area contributed by atoms with E-state index in [0.29, 0.717) is 16.6 Å². The molecule has 0 amide bonds. The Bertz CT molecular complexity index is 623. The smallest absolute Gasteiger partial charge is 0.172 e. The second-order valence-electron chi connectivity index (χ2n) is 4.02. The summed E-state index contributed by atoms with van der Waals surface area (Å²) in [5, 5.41) is 6.26. The van der Waals surface area contributed by atoms with E-state index in [1.165, 1.54) is 6.07 Å². The van der Waals surface area contributed by atoms with Crippen LogP contribution in [-0.2, 0) is 0 Å². The lowest BCUT2D eigenvalue weighted by atomic mass is 10.2. The van der Waals surface area contributed by atoms with Crippen LogP contribution in [0, 0.1) is 5.82 Å². The van der Waals surface area contributed by atoms with Crippen molar-refractivity contribution in [1.29, 1.82) is 0 Å². The first-order valence-corrected chi connectivity index (χ1v) is 7.06. The summed E-state index contributed by atoms with van der Waals surface area (Å²) >= 11 is 8.54. The van der Waals surface area contributed by atoms with Gasteiger partial charge in [-0.15, -0.1) is 0 Å². The van der Waals surface area contributed by atoms with Gasteiger partial charge in [0.2, 0.25) is 0 Å². The maximum absolute atomic E-state index is 13.6. The van der Waals surface area contributed by atoms with Crippen LogP contribution >= 0.6 is 28.1 Å². The van der Waals surface area contributed by atoms with Gasteiger partial charge >= 0.3 is 0 Å². The highest BCUT2D eigenvalue weighted by Crippen LogP contribution is 2.19. The molecule has 20 heavy (non-hydrogen) atoms. The third-order valence-electron chi connectivity index (χ3n) is 2.54. The van der Waals surface area contributed by atoms with Crippen LogP contribution in [0.2, 0.25) is 0 Å². The molecule has 0 fully saturated rings. The lowest BCUT2D eigenvalue weighted by Gasteiger charge is -2.17. The lowest BCUT2D eigenvalue weighted by molar-refractivity contribution is 0.563. The molecule has 7 heteroatoms. The summed E-state index contributed by atoms with van der Waals surface area (Å²) in [4.78, 5) is 8.15. The largest absolute Gasteiger partial charge is 0.354 e. The van der Waals surface area contributed by atoms with Gasteiger partial charge in [-0.05, 0) is 59.3 Å². The minimum absolute atomic E-state index is 0.316. The number of aromatic nitrogens is 2. The molecule has 2 N–H and O–H groups in total. The van der Waals surface area contributed by atoms with Gasteiger partial charge in [0.05, 0.1) is 16.2 Å². The van der Waals surface area contributed by atoms with Crippen molar-refractivity contribution in [2.45, 2.75) is 13.0 Å². The standard InChI is InChI=1S/C13H12BrFN4S/c1-8(11-10(15)5-3-6-16-11)18-13(20)19-12-9(14)4-2-7-17-12/h2-8H,1H3,(H2,17,18,19,20). The maximum atomic E-state index is 13.6. The molecule has 2 heterocycles. The van der Waals surface area contributed by atoms with Gasteiger partial charge < -0.3 is 10.6 Å². The molecule has 0 saturated heterocycles. The summed E-state index contributed by atoms with van der Waals surface area (Å²) in [5.41, 5.74) is 0.316. The van der Waals surface area contributed by atoms with Crippen LogP contribution in [0.5, 0.6) is 0 Å². The average Bonchev–Trinajstić information content (AvgIpc) is 2.41. The van der Waals surface area contributed by atoms with E-state index in [9.17, 15) is 4.39 Å². The summed E-state index contributed by atoms with van der Waals surface area (Å²) in [6.07, 6.45) is 3.19. The Morgan fingerprint density at radius 2 is 2.00 bits per heavy atom. The predicted octanol–water partition coefficient (Wildman–Crippen LogP) is 3.43. The Kier molecular flexibility index (Phi) is 4.97. The fourth-order valence-electron chi connectivity index (χ4n) is 1.60. The first-order valence-electron chi connectivity index (χ1n) is 5.86.